The number of carboxylic acids is 1. The van der Waals surface area contributed by atoms with E-state index in [0.717, 1.165) is 18.2 Å². The summed E-state index contributed by atoms with van der Waals surface area (Å²) in [6.07, 6.45) is -10.8. The van der Waals surface area contributed by atoms with Crippen LogP contribution in [-0.4, -0.2) is 55.7 Å². The average molecular weight is 682 g/mol. The van der Waals surface area contributed by atoms with Gasteiger partial charge in [0.1, 0.15) is 10.6 Å². The van der Waals surface area contributed by atoms with Crippen LogP contribution >= 0.6 is 0 Å². The van der Waals surface area contributed by atoms with Crippen molar-refractivity contribution in [2.75, 3.05) is 13.1 Å². The van der Waals surface area contributed by atoms with Crippen molar-refractivity contribution in [3.05, 3.63) is 77.6 Å². The first-order valence-electron chi connectivity index (χ1n) is 14.2. The fraction of sp³-hybridized carbons (Fsp3) is 0.484. The van der Waals surface area contributed by atoms with E-state index in [2.05, 4.69) is 6.58 Å². The number of benzene rings is 2. The van der Waals surface area contributed by atoms with Gasteiger partial charge in [0.05, 0.1) is 16.2 Å². The van der Waals surface area contributed by atoms with E-state index in [-0.39, 0.29) is 68.3 Å². The van der Waals surface area contributed by atoms with Gasteiger partial charge < -0.3 is 10.0 Å². The van der Waals surface area contributed by atoms with Gasteiger partial charge in [-0.15, -0.1) is 6.58 Å². The maximum atomic E-state index is 14.8. The standard InChI is InChI=1S/C31H31F8NO5S/c1-3-12-27(13-10-20(11-14-27)25(41)42)26(43)40-16-15-28(18-40,46(44,45)23-8-9-24(32)19(2)17-23)21-4-6-22(7-5-21)29(33,30(34,35)36)31(37,38)39/h3-9,17,20H,1,10-16,18H2,2H3,(H,41,42). The number of carboxylic acid groups (broad SMARTS) is 1. The lowest BCUT2D eigenvalue weighted by atomic mass is 9.67. The van der Waals surface area contributed by atoms with Crippen LogP contribution in [0.5, 0.6) is 0 Å². The molecule has 0 aromatic heterocycles. The molecule has 252 valence electrons. The molecule has 2 aromatic carbocycles. The monoisotopic (exact) mass is 681 g/mol. The molecule has 1 aliphatic heterocycles. The Labute approximate surface area is 260 Å². The van der Waals surface area contributed by atoms with Crippen molar-refractivity contribution in [1.82, 2.24) is 4.90 Å². The molecule has 1 N–H and O–H groups in total. The predicted molar refractivity (Wildman–Crippen MR) is 149 cm³/mol. The topological polar surface area (TPSA) is 91.8 Å². The molecule has 1 unspecified atom stereocenters. The number of hydrogen-bond donors (Lipinski definition) is 1. The molecule has 4 rings (SSSR count). The number of rotatable bonds is 8. The van der Waals surface area contributed by atoms with Crippen LogP contribution in [0, 0.1) is 24.1 Å². The number of alkyl halides is 7. The Kier molecular flexibility index (Phi) is 9.19. The molecule has 1 atom stereocenters. The predicted octanol–water partition coefficient (Wildman–Crippen LogP) is 7.16. The van der Waals surface area contributed by atoms with Gasteiger partial charge in [0, 0.05) is 18.7 Å². The second kappa shape index (κ2) is 11.9. The number of allylic oxidation sites excluding steroid dienone is 1. The highest BCUT2D eigenvalue weighted by Crippen LogP contribution is 2.54. The van der Waals surface area contributed by atoms with Crippen molar-refractivity contribution >= 4 is 21.7 Å². The summed E-state index contributed by atoms with van der Waals surface area (Å²) in [5.41, 5.74) is -9.03. The molecule has 0 bridgehead atoms. The second-order valence-electron chi connectivity index (χ2n) is 12.0. The van der Waals surface area contributed by atoms with Crippen LogP contribution < -0.4 is 0 Å². The molecule has 1 aliphatic carbocycles. The zero-order chi connectivity index (χ0) is 34.5. The van der Waals surface area contributed by atoms with Gasteiger partial charge in [0.15, 0.2) is 9.84 Å². The third-order valence-corrected chi connectivity index (χ3v) is 11.8. The number of sulfone groups is 1. The summed E-state index contributed by atoms with van der Waals surface area (Å²) in [7, 11) is -4.64. The molecule has 1 amide bonds. The fourth-order valence-corrected chi connectivity index (χ4v) is 8.76. The Morgan fingerprint density at radius 2 is 1.54 bits per heavy atom. The minimum atomic E-state index is -6.39. The van der Waals surface area contributed by atoms with Crippen LogP contribution in [0.3, 0.4) is 0 Å². The first-order chi connectivity index (χ1) is 21.2. The van der Waals surface area contributed by atoms with Crippen molar-refractivity contribution in [2.45, 2.75) is 73.1 Å². The number of aryl methyl sites for hydroxylation is 1. The molecule has 15 heteroatoms. The first kappa shape index (κ1) is 35.4. The number of hydrogen-bond acceptors (Lipinski definition) is 4. The Balaban J connectivity index is 1.82. The smallest absolute Gasteiger partial charge is 0.435 e. The second-order valence-corrected chi connectivity index (χ2v) is 14.3. The number of nitrogens with zero attached hydrogens (tertiary/aromatic N) is 1. The van der Waals surface area contributed by atoms with Crippen molar-refractivity contribution < 1.29 is 58.2 Å². The lowest BCUT2D eigenvalue weighted by Gasteiger charge is -2.40. The number of amides is 1. The van der Waals surface area contributed by atoms with E-state index in [1.54, 1.807) is 0 Å². The van der Waals surface area contributed by atoms with Crippen LogP contribution in [0.1, 0.15) is 55.2 Å². The molecular weight excluding hydrogens is 650 g/mol. The molecular formula is C31H31F8NO5S. The van der Waals surface area contributed by atoms with Crippen LogP contribution in [0.15, 0.2) is 60.0 Å². The summed E-state index contributed by atoms with van der Waals surface area (Å²) in [6.45, 7) is 4.21. The summed E-state index contributed by atoms with van der Waals surface area (Å²) in [5, 5.41) is 9.42. The van der Waals surface area contributed by atoms with Gasteiger partial charge in [0.25, 0.3) is 0 Å². The third kappa shape index (κ3) is 5.68. The number of likely N-dealkylation sites (tertiary alicyclic amines) is 1. The summed E-state index contributed by atoms with van der Waals surface area (Å²) >= 11 is 0. The van der Waals surface area contributed by atoms with Crippen molar-refractivity contribution in [1.29, 1.82) is 0 Å². The SMILES string of the molecule is C=CCC1(C(=O)N2CCC(c3ccc(C(F)(C(F)(F)F)C(F)(F)F)cc3)(S(=O)(=O)c3ccc(F)c(C)c3)C2)CCC(C(=O)O)CC1. The highest BCUT2D eigenvalue weighted by atomic mass is 32.2. The lowest BCUT2D eigenvalue weighted by Crippen LogP contribution is -2.50. The molecule has 6 nitrogen and oxygen atoms in total. The largest absolute Gasteiger partial charge is 0.481 e. The summed E-state index contributed by atoms with van der Waals surface area (Å²) in [6, 6.07) is 4.66. The highest BCUT2D eigenvalue weighted by Gasteiger charge is 2.73. The van der Waals surface area contributed by atoms with Gasteiger partial charge >= 0.3 is 24.0 Å². The van der Waals surface area contributed by atoms with E-state index in [4.69, 9.17) is 0 Å². The Morgan fingerprint density at radius 1 is 0.978 bits per heavy atom. The van der Waals surface area contributed by atoms with E-state index >= 15 is 0 Å². The molecule has 2 aromatic rings. The Morgan fingerprint density at radius 3 is 2.02 bits per heavy atom. The zero-order valence-corrected chi connectivity index (χ0v) is 25.3. The van der Waals surface area contributed by atoms with Gasteiger partial charge in [-0.05, 0) is 74.8 Å². The van der Waals surface area contributed by atoms with Crippen LogP contribution in [0.25, 0.3) is 0 Å². The Hall–Kier alpha value is -3.49. The van der Waals surface area contributed by atoms with Gasteiger partial charge in [-0.1, -0.05) is 30.3 Å². The zero-order valence-electron chi connectivity index (χ0n) is 24.5. The molecule has 2 aliphatic rings. The normalized spacial score (nSPS) is 24.5. The minimum absolute atomic E-state index is 0.0600. The van der Waals surface area contributed by atoms with E-state index in [0.29, 0.717) is 12.1 Å². The van der Waals surface area contributed by atoms with Gasteiger partial charge in [-0.2, -0.15) is 26.3 Å². The fourth-order valence-electron chi connectivity index (χ4n) is 6.60. The average Bonchev–Trinajstić information content (AvgIpc) is 3.44. The summed E-state index contributed by atoms with van der Waals surface area (Å²) in [5.74, 6) is -2.93. The lowest BCUT2D eigenvalue weighted by molar-refractivity contribution is -0.348. The quantitative estimate of drug-likeness (QED) is 0.181. The number of carbonyl (C=O) groups excluding carboxylic acids is 1. The number of halogens is 8. The van der Waals surface area contributed by atoms with Crippen molar-refractivity contribution in [3.63, 3.8) is 0 Å². The number of carbonyl (C=O) groups is 2. The Bertz CT molecular complexity index is 1600. The molecule has 2 fully saturated rings. The van der Waals surface area contributed by atoms with E-state index < -0.39 is 78.6 Å². The van der Waals surface area contributed by atoms with E-state index in [9.17, 15) is 58.2 Å². The highest BCUT2D eigenvalue weighted by molar-refractivity contribution is 7.92. The van der Waals surface area contributed by atoms with Crippen LogP contribution in [-0.2, 0) is 29.8 Å². The third-order valence-electron chi connectivity index (χ3n) is 9.34. The van der Waals surface area contributed by atoms with Crippen molar-refractivity contribution in [2.24, 2.45) is 11.3 Å². The van der Waals surface area contributed by atoms with Gasteiger partial charge in [-0.25, -0.2) is 17.2 Å². The van der Waals surface area contributed by atoms with Crippen molar-refractivity contribution in [3.8, 4) is 0 Å². The molecule has 46 heavy (non-hydrogen) atoms. The minimum Gasteiger partial charge on any atom is -0.481 e. The number of aliphatic carboxylic acids is 1. The van der Waals surface area contributed by atoms with E-state index in [1.807, 2.05) is 0 Å². The summed E-state index contributed by atoms with van der Waals surface area (Å²) < 4.78 is 136. The van der Waals surface area contributed by atoms with Crippen LogP contribution in [0.4, 0.5) is 35.1 Å². The molecule has 0 spiro atoms. The van der Waals surface area contributed by atoms with E-state index in [1.165, 1.54) is 17.9 Å². The first-order valence-corrected chi connectivity index (χ1v) is 15.7. The molecule has 0 radical (unpaired) electrons. The van der Waals surface area contributed by atoms with Gasteiger partial charge in [0.2, 0.25) is 5.91 Å². The molecule has 1 heterocycles. The molecule has 1 saturated heterocycles. The molecule has 1 saturated carbocycles. The van der Waals surface area contributed by atoms with Gasteiger partial charge in [-0.3, -0.25) is 9.59 Å². The summed E-state index contributed by atoms with van der Waals surface area (Å²) in [4.78, 5) is 26.4. The maximum absolute atomic E-state index is 14.8. The maximum Gasteiger partial charge on any atom is 0.435 e. The van der Waals surface area contributed by atoms with Crippen LogP contribution in [0.2, 0.25) is 0 Å².